The number of aliphatic carboxylic acids is 1. The zero-order chi connectivity index (χ0) is 28.7. The minimum absolute atomic E-state index is 0.0577. The van der Waals surface area contributed by atoms with Gasteiger partial charge in [0.15, 0.2) is 12.6 Å². The van der Waals surface area contributed by atoms with Gasteiger partial charge in [-0.3, -0.25) is 4.79 Å². The molecule has 3 saturated heterocycles. The third-order valence-corrected chi connectivity index (χ3v) is 7.26. The molecule has 5 rings (SSSR count). The molecule has 3 heterocycles. The lowest BCUT2D eigenvalue weighted by molar-refractivity contribution is -0.939. The SMILES string of the molecule is CCCNC(=O)C[N+]12CCC(CC1)[C@@H](OC(=O)C(O)(c1ccccc1)c1ccccc1)C2.O=C([O-])C(F)(F)F. The lowest BCUT2D eigenvalue weighted by Gasteiger charge is -2.51. The lowest BCUT2D eigenvalue weighted by Crippen LogP contribution is -2.67. The van der Waals surface area contributed by atoms with E-state index >= 15 is 0 Å². The molecule has 3 fully saturated rings. The van der Waals surface area contributed by atoms with Gasteiger partial charge in [0.05, 0.1) is 13.1 Å². The molecule has 8 nitrogen and oxygen atoms in total. The Bertz CT molecular complexity index is 1080. The number of carboxylic acid groups (broad SMARTS) is 1. The fourth-order valence-electron chi connectivity index (χ4n) is 5.19. The number of ether oxygens (including phenoxy) is 1. The number of amides is 1. The van der Waals surface area contributed by atoms with E-state index < -0.39 is 23.7 Å². The number of alkyl halides is 3. The number of nitrogens with one attached hydrogen (secondary N) is 1. The molecule has 212 valence electrons. The number of hydrogen-bond donors (Lipinski definition) is 2. The van der Waals surface area contributed by atoms with Crippen LogP contribution in [0.15, 0.2) is 60.7 Å². The highest BCUT2D eigenvalue weighted by molar-refractivity contribution is 5.85. The molecule has 1 atom stereocenters. The van der Waals surface area contributed by atoms with Gasteiger partial charge in [-0.2, -0.15) is 13.2 Å². The number of hydrogen-bond acceptors (Lipinski definition) is 6. The van der Waals surface area contributed by atoms with Crippen molar-refractivity contribution in [1.29, 1.82) is 0 Å². The van der Waals surface area contributed by atoms with E-state index in [4.69, 9.17) is 14.6 Å². The summed E-state index contributed by atoms with van der Waals surface area (Å²) in [6.07, 6.45) is -2.74. The fourth-order valence-corrected chi connectivity index (χ4v) is 5.19. The molecule has 3 aliphatic rings. The van der Waals surface area contributed by atoms with Crippen LogP contribution < -0.4 is 10.4 Å². The molecule has 3 aliphatic heterocycles. The van der Waals surface area contributed by atoms with Crippen LogP contribution in [0.3, 0.4) is 0 Å². The van der Waals surface area contributed by atoms with E-state index in [0.717, 1.165) is 32.4 Å². The lowest BCUT2D eigenvalue weighted by atomic mass is 9.82. The monoisotopic (exact) mass is 550 g/mol. The summed E-state index contributed by atoms with van der Waals surface area (Å²) in [6.45, 7) is 5.62. The predicted molar refractivity (Wildman–Crippen MR) is 133 cm³/mol. The van der Waals surface area contributed by atoms with Gasteiger partial charge in [0.25, 0.3) is 5.91 Å². The Labute approximate surface area is 225 Å². The van der Waals surface area contributed by atoms with Crippen molar-refractivity contribution in [2.45, 2.75) is 44.1 Å². The van der Waals surface area contributed by atoms with Crippen molar-refractivity contribution >= 4 is 17.8 Å². The molecule has 0 aromatic heterocycles. The van der Waals surface area contributed by atoms with Gasteiger partial charge in [-0.15, -0.1) is 0 Å². The molecule has 39 heavy (non-hydrogen) atoms. The van der Waals surface area contributed by atoms with Crippen LogP contribution in [-0.4, -0.2) is 72.4 Å². The van der Waals surface area contributed by atoms with Crippen molar-refractivity contribution in [2.75, 3.05) is 32.7 Å². The summed E-state index contributed by atoms with van der Waals surface area (Å²) < 4.78 is 38.3. The van der Waals surface area contributed by atoms with Crippen LogP contribution in [0.5, 0.6) is 0 Å². The second-order valence-corrected chi connectivity index (χ2v) is 9.99. The average molecular weight is 551 g/mol. The van der Waals surface area contributed by atoms with Gasteiger partial charge in [0, 0.05) is 25.3 Å². The summed E-state index contributed by atoms with van der Waals surface area (Å²) in [4.78, 5) is 34.7. The van der Waals surface area contributed by atoms with Gasteiger partial charge < -0.3 is 29.5 Å². The largest absolute Gasteiger partial charge is 0.542 e. The van der Waals surface area contributed by atoms with E-state index in [1.54, 1.807) is 48.5 Å². The number of nitrogens with zero attached hydrogens (tertiary/aromatic N) is 1. The number of halogens is 3. The molecule has 1 amide bonds. The zero-order valence-electron chi connectivity index (χ0n) is 21.7. The van der Waals surface area contributed by atoms with E-state index in [2.05, 4.69) is 5.32 Å². The molecular weight excluding hydrogens is 517 g/mol. The zero-order valence-corrected chi connectivity index (χ0v) is 21.7. The quantitative estimate of drug-likeness (QED) is 0.383. The van der Waals surface area contributed by atoms with E-state index in [9.17, 15) is 27.9 Å². The molecule has 0 radical (unpaired) electrons. The van der Waals surface area contributed by atoms with Gasteiger partial charge in [0.1, 0.15) is 12.5 Å². The van der Waals surface area contributed by atoms with Crippen LogP contribution in [0.4, 0.5) is 13.2 Å². The first-order valence-corrected chi connectivity index (χ1v) is 12.9. The summed E-state index contributed by atoms with van der Waals surface area (Å²) in [7, 11) is 0. The van der Waals surface area contributed by atoms with Crippen molar-refractivity contribution in [3.8, 4) is 0 Å². The topological polar surface area (TPSA) is 116 Å². The number of fused-ring (bicyclic) bond motifs is 3. The van der Waals surface area contributed by atoms with E-state index in [-0.39, 0.29) is 17.9 Å². The standard InChI is InChI=1S/C26H32N2O4.C2HF3O2/c1-2-15-27-24(29)19-28-16-13-20(14-17-28)23(18-28)32-25(30)26(31,21-9-5-3-6-10-21)22-11-7-4-8-12-22;3-2(4,5)1(6)7/h3-12,20,23,31H,2,13-19H2,1H3;(H,6,7)/t20?,23-,28?;/m0./s1. The Morgan fingerprint density at radius 3 is 1.92 bits per heavy atom. The van der Waals surface area contributed by atoms with Crippen molar-refractivity contribution in [3.05, 3.63) is 71.8 Å². The fraction of sp³-hybridized carbons (Fsp3) is 0.464. The summed E-state index contributed by atoms with van der Waals surface area (Å²) >= 11 is 0. The predicted octanol–water partition coefficient (Wildman–Crippen LogP) is 1.90. The molecule has 0 unspecified atom stereocenters. The van der Waals surface area contributed by atoms with Gasteiger partial charge in [-0.1, -0.05) is 67.6 Å². The number of rotatable bonds is 8. The number of piperidine rings is 3. The molecule has 2 bridgehead atoms. The third-order valence-electron chi connectivity index (χ3n) is 7.26. The van der Waals surface area contributed by atoms with Gasteiger partial charge in [-0.25, -0.2) is 4.79 Å². The number of carbonyl (C=O) groups is 3. The molecule has 0 spiro atoms. The first kappa shape index (κ1) is 30.1. The van der Waals surface area contributed by atoms with Crippen LogP contribution in [-0.2, 0) is 24.7 Å². The maximum atomic E-state index is 13.5. The minimum atomic E-state index is -5.19. The van der Waals surface area contributed by atoms with Gasteiger partial charge >= 0.3 is 12.1 Å². The number of quaternary nitrogens is 1. The number of aliphatic hydroxyl groups is 1. The van der Waals surface area contributed by atoms with Gasteiger partial charge in [0.2, 0.25) is 5.60 Å². The second-order valence-electron chi connectivity index (χ2n) is 9.99. The van der Waals surface area contributed by atoms with Crippen LogP contribution >= 0.6 is 0 Å². The average Bonchev–Trinajstić information content (AvgIpc) is 2.92. The number of carbonyl (C=O) groups excluding carboxylic acids is 3. The molecule has 11 heteroatoms. The summed E-state index contributed by atoms with van der Waals surface area (Å²) in [5.41, 5.74) is -0.904. The Morgan fingerprint density at radius 1 is 1.00 bits per heavy atom. The molecule has 2 aromatic rings. The number of benzene rings is 2. The number of esters is 1. The maximum Gasteiger partial charge on any atom is 0.430 e. The van der Waals surface area contributed by atoms with E-state index in [1.165, 1.54) is 0 Å². The van der Waals surface area contributed by atoms with Crippen molar-refractivity contribution in [3.63, 3.8) is 0 Å². The normalized spacial score (nSPS) is 22.3. The van der Waals surface area contributed by atoms with Crippen LogP contribution in [0.25, 0.3) is 0 Å². The summed E-state index contributed by atoms with van der Waals surface area (Å²) in [5.74, 6) is -3.33. The maximum absolute atomic E-state index is 13.5. The molecule has 0 saturated carbocycles. The van der Waals surface area contributed by atoms with Crippen LogP contribution in [0.2, 0.25) is 0 Å². The van der Waals surface area contributed by atoms with Crippen LogP contribution in [0, 0.1) is 5.92 Å². The van der Waals surface area contributed by atoms with E-state index in [0.29, 0.717) is 35.2 Å². The van der Waals surface area contributed by atoms with Crippen LogP contribution in [0.1, 0.15) is 37.3 Å². The van der Waals surface area contributed by atoms with Crippen molar-refractivity contribution in [2.24, 2.45) is 5.92 Å². The highest BCUT2D eigenvalue weighted by atomic mass is 19.4. The van der Waals surface area contributed by atoms with E-state index in [1.807, 2.05) is 19.1 Å². The highest BCUT2D eigenvalue weighted by Gasteiger charge is 2.51. The summed E-state index contributed by atoms with van der Waals surface area (Å²) in [6, 6.07) is 17.9. The Balaban J connectivity index is 0.000000532. The molecule has 0 aliphatic carbocycles. The molecule has 2 N–H and O–H groups in total. The molecular formula is C28H33F3N2O6. The second kappa shape index (κ2) is 12.6. The number of carboxylic acids is 1. The smallest absolute Gasteiger partial charge is 0.430 e. The first-order chi connectivity index (χ1) is 18.4. The molecule has 2 aromatic carbocycles. The third kappa shape index (κ3) is 7.36. The Hall–Kier alpha value is -3.44. The minimum Gasteiger partial charge on any atom is -0.542 e. The highest BCUT2D eigenvalue weighted by Crippen LogP contribution is 2.38. The van der Waals surface area contributed by atoms with Crippen molar-refractivity contribution < 1.29 is 47.0 Å². The first-order valence-electron chi connectivity index (χ1n) is 12.9. The van der Waals surface area contributed by atoms with Gasteiger partial charge in [-0.05, 0) is 17.5 Å². The summed E-state index contributed by atoms with van der Waals surface area (Å²) in [5, 5.41) is 23.4. The Kier molecular flexibility index (Phi) is 9.73. The van der Waals surface area contributed by atoms with Crippen molar-refractivity contribution in [1.82, 2.24) is 5.32 Å². The Morgan fingerprint density at radius 2 is 1.49 bits per heavy atom.